The zero-order valence-corrected chi connectivity index (χ0v) is 39.8. The topological polar surface area (TPSA) is 320 Å². The van der Waals surface area contributed by atoms with Gasteiger partial charge >= 0.3 is 5.97 Å². The maximum absolute atomic E-state index is 15.4. The number of aromatic nitrogens is 2. The van der Waals surface area contributed by atoms with Crippen LogP contribution in [0.1, 0.15) is 79.3 Å². The summed E-state index contributed by atoms with van der Waals surface area (Å²) in [6.07, 6.45) is -0.975. The number of anilines is 1. The highest BCUT2D eigenvalue weighted by Crippen LogP contribution is 2.45. The first-order valence-corrected chi connectivity index (χ1v) is 22.4. The number of nitrogens with two attached hydrogens (primary N) is 3. The van der Waals surface area contributed by atoms with Crippen LogP contribution in [0.5, 0.6) is 17.2 Å². The van der Waals surface area contributed by atoms with Crippen molar-refractivity contribution < 1.29 is 53.2 Å². The number of benzene rings is 3. The maximum Gasteiger partial charge on any atom is 0.326 e. The molecule has 0 fully saturated rings. The summed E-state index contributed by atoms with van der Waals surface area (Å²) in [6.45, 7) is 8.68. The van der Waals surface area contributed by atoms with Crippen molar-refractivity contribution in [2.24, 2.45) is 11.5 Å². The Morgan fingerprint density at radius 3 is 2.33 bits per heavy atom. The van der Waals surface area contributed by atoms with Gasteiger partial charge in [0.15, 0.2) is 17.3 Å². The fourth-order valence-corrected chi connectivity index (χ4v) is 7.61. The highest BCUT2D eigenvalue weighted by Gasteiger charge is 2.37. The molecule has 4 aromatic rings. The number of likely N-dealkylation sites (N-methyl/N-ethyl adjacent to an activating group) is 1. The summed E-state index contributed by atoms with van der Waals surface area (Å²) in [7, 11) is 2.93. The van der Waals surface area contributed by atoms with Gasteiger partial charge in [0, 0.05) is 31.1 Å². The summed E-state index contributed by atoms with van der Waals surface area (Å²) in [5.74, 6) is -6.21. The number of phenolic OH excluding ortho intramolecular Hbond substituents is 1. The standard InChI is InChI=1S/C48H63FN10O10/c1-24-38(41(52)58-42(54-24)30-11-10-28(21-33(30)49)48(3,4)5)44(63)56-34(13-15-53-6)46(65)59(7)39-27-19-32(40(61)37(20-27)69-23-29(60)22-51)31-17-26(9-12-36(31)68-16-8-14-50)18-35(47(66)67)57-43(62)25(2)55-45(39)64/h9-12,17,19-21,25,29,34-35,39,53,60-61H,8,13-16,18,22-23,50-51H2,1-7H3,(H,55,64)(H,56,63)(H,57,62)(H,66,67)(H2,52,54,58)/t25-,29+,34-,35-,39-/m0/s1. The molecular formula is C48H63FN10O10. The minimum atomic E-state index is -1.65. The number of rotatable bonds is 17. The van der Waals surface area contributed by atoms with Crippen molar-refractivity contribution >= 4 is 35.4 Å². The van der Waals surface area contributed by atoms with E-state index in [2.05, 4.69) is 31.2 Å². The summed E-state index contributed by atoms with van der Waals surface area (Å²) in [4.78, 5) is 79.5. The Morgan fingerprint density at radius 1 is 0.986 bits per heavy atom. The van der Waals surface area contributed by atoms with Gasteiger partial charge in [0.25, 0.3) is 5.91 Å². The number of nitrogen functional groups attached to an aromatic ring is 1. The number of hydrogen-bond acceptors (Lipinski definition) is 15. The second kappa shape index (κ2) is 22.9. The van der Waals surface area contributed by atoms with E-state index in [4.69, 9.17) is 26.7 Å². The lowest BCUT2D eigenvalue weighted by atomic mass is 9.86. The molecule has 0 unspecified atom stereocenters. The quantitative estimate of drug-likeness (QED) is 0.0675. The van der Waals surface area contributed by atoms with Crippen molar-refractivity contribution in [3.63, 3.8) is 0 Å². The van der Waals surface area contributed by atoms with Crippen molar-refractivity contribution in [2.45, 2.75) is 89.6 Å². The molecule has 20 nitrogen and oxygen atoms in total. The van der Waals surface area contributed by atoms with Crippen molar-refractivity contribution in [2.75, 3.05) is 52.7 Å². The molecule has 0 saturated carbocycles. The SMILES string of the molecule is CNCC[C@H](NC(=O)c1c(C)nc(-c2ccc(C(C)(C)C)cc2F)nc1N)C(=O)N(C)[C@@H]1C(=O)N[C@@H](C)C(=O)N[C@H](C(=O)O)Cc2ccc(OCCCN)c(c2)-c2cc1cc(OC[C@H](O)CN)c2O. The van der Waals surface area contributed by atoms with E-state index in [1.807, 2.05) is 20.8 Å². The number of aromatic hydroxyl groups is 1. The molecule has 13 N–H and O–H groups in total. The van der Waals surface area contributed by atoms with E-state index in [1.54, 1.807) is 31.3 Å². The number of aliphatic hydroxyl groups is 1. The first kappa shape index (κ1) is 53.0. The molecular weight excluding hydrogens is 896 g/mol. The van der Waals surface area contributed by atoms with E-state index in [0.717, 1.165) is 10.5 Å². The van der Waals surface area contributed by atoms with E-state index < -0.39 is 78.0 Å². The number of fused-ring (bicyclic) bond motifs is 5. The Labute approximate surface area is 399 Å². The largest absolute Gasteiger partial charge is 0.504 e. The van der Waals surface area contributed by atoms with Crippen LogP contribution in [0.4, 0.5) is 10.2 Å². The number of aryl methyl sites for hydroxylation is 1. The Morgan fingerprint density at radius 2 is 1.71 bits per heavy atom. The number of ether oxygens (including phenoxy) is 2. The number of carbonyl (C=O) groups is 5. The normalized spacial score (nSPS) is 17.1. The number of halogens is 1. The molecule has 1 aromatic heterocycles. The van der Waals surface area contributed by atoms with Gasteiger partial charge < -0.3 is 68.2 Å². The lowest BCUT2D eigenvalue weighted by Crippen LogP contribution is -2.55. The Balaban J connectivity index is 1.63. The fraction of sp³-hybridized carbons (Fsp3) is 0.438. The third-order valence-corrected chi connectivity index (χ3v) is 11.6. The van der Waals surface area contributed by atoms with Crippen LogP contribution in [-0.4, -0.2) is 131 Å². The van der Waals surface area contributed by atoms with Gasteiger partial charge in [0.2, 0.25) is 17.7 Å². The number of carbonyl (C=O) groups excluding carboxylic acids is 4. The monoisotopic (exact) mass is 958 g/mol. The number of carboxylic acids is 1. The molecule has 4 bridgehead atoms. The molecule has 0 spiro atoms. The molecule has 21 heteroatoms. The van der Waals surface area contributed by atoms with Crippen molar-refractivity contribution in [3.05, 3.63) is 82.3 Å². The zero-order valence-electron chi connectivity index (χ0n) is 39.8. The molecule has 1 aliphatic rings. The molecule has 0 aliphatic carbocycles. The van der Waals surface area contributed by atoms with Gasteiger partial charge in [-0.1, -0.05) is 32.9 Å². The fourth-order valence-electron chi connectivity index (χ4n) is 7.61. The molecule has 5 atom stereocenters. The summed E-state index contributed by atoms with van der Waals surface area (Å²) in [5, 5.41) is 43.2. The number of nitrogens with one attached hydrogen (secondary N) is 4. The smallest absolute Gasteiger partial charge is 0.326 e. The van der Waals surface area contributed by atoms with Crippen LogP contribution in [-0.2, 0) is 31.0 Å². The summed E-state index contributed by atoms with van der Waals surface area (Å²) >= 11 is 0. The average Bonchev–Trinajstić information content (AvgIpc) is 3.29. The predicted molar refractivity (Wildman–Crippen MR) is 255 cm³/mol. The average molecular weight is 959 g/mol. The first-order valence-electron chi connectivity index (χ1n) is 22.4. The third-order valence-electron chi connectivity index (χ3n) is 11.6. The first-order chi connectivity index (χ1) is 32.6. The number of carboxylic acid groups (broad SMARTS) is 1. The minimum Gasteiger partial charge on any atom is -0.504 e. The molecule has 5 rings (SSSR count). The van der Waals surface area contributed by atoms with E-state index in [-0.39, 0.29) is 94.6 Å². The zero-order chi connectivity index (χ0) is 50.9. The van der Waals surface area contributed by atoms with Crippen molar-refractivity contribution in [1.82, 2.24) is 36.1 Å². The number of amides is 4. The Kier molecular flexibility index (Phi) is 17.6. The number of aliphatic carboxylic acids is 1. The van der Waals surface area contributed by atoms with Crippen LogP contribution in [0.3, 0.4) is 0 Å². The van der Waals surface area contributed by atoms with Gasteiger partial charge in [-0.25, -0.2) is 19.2 Å². The molecule has 4 amide bonds. The molecule has 0 radical (unpaired) electrons. The molecule has 372 valence electrons. The van der Waals surface area contributed by atoms with Gasteiger partial charge in [0.05, 0.1) is 17.9 Å². The van der Waals surface area contributed by atoms with E-state index >= 15 is 4.39 Å². The maximum atomic E-state index is 15.4. The number of hydrogen-bond donors (Lipinski definition) is 10. The lowest BCUT2D eigenvalue weighted by molar-refractivity contribution is -0.143. The Hall–Kier alpha value is -6.94. The van der Waals surface area contributed by atoms with E-state index in [1.165, 1.54) is 45.2 Å². The number of nitrogens with zero attached hydrogens (tertiary/aromatic N) is 3. The summed E-state index contributed by atoms with van der Waals surface area (Å²) < 4.78 is 27.4. The summed E-state index contributed by atoms with van der Waals surface area (Å²) in [5.41, 5.74) is 18.8. The van der Waals surface area contributed by atoms with Gasteiger partial charge in [-0.05, 0) is 105 Å². The second-order valence-electron chi connectivity index (χ2n) is 17.9. The molecule has 69 heavy (non-hydrogen) atoms. The van der Waals surface area contributed by atoms with Crippen LogP contribution in [0.25, 0.3) is 22.5 Å². The second-order valence-corrected chi connectivity index (χ2v) is 17.9. The molecule has 1 aliphatic heterocycles. The van der Waals surface area contributed by atoms with Crippen LogP contribution in [0, 0.1) is 12.7 Å². The highest BCUT2D eigenvalue weighted by molar-refractivity contribution is 6.02. The Bertz CT molecular complexity index is 2530. The van der Waals surface area contributed by atoms with Crippen LogP contribution < -0.4 is 47.9 Å². The molecule has 0 saturated heterocycles. The molecule has 2 heterocycles. The van der Waals surface area contributed by atoms with Gasteiger partial charge in [0.1, 0.15) is 59.8 Å². The summed E-state index contributed by atoms with van der Waals surface area (Å²) in [6, 6.07) is 6.27. The number of phenols is 1. The molecule has 3 aromatic carbocycles. The van der Waals surface area contributed by atoms with Crippen LogP contribution in [0.15, 0.2) is 48.5 Å². The van der Waals surface area contributed by atoms with Gasteiger partial charge in [-0.2, -0.15) is 0 Å². The van der Waals surface area contributed by atoms with E-state index in [0.29, 0.717) is 18.5 Å². The number of aliphatic hydroxyl groups excluding tert-OH is 1. The minimum absolute atomic E-state index is 0.0217. The predicted octanol–water partition coefficient (Wildman–Crippen LogP) is 1.81. The highest BCUT2D eigenvalue weighted by atomic mass is 19.1. The van der Waals surface area contributed by atoms with Gasteiger partial charge in [-0.3, -0.25) is 19.2 Å². The lowest BCUT2D eigenvalue weighted by Gasteiger charge is -2.33. The van der Waals surface area contributed by atoms with E-state index in [9.17, 15) is 39.3 Å². The van der Waals surface area contributed by atoms with Crippen molar-refractivity contribution in [1.29, 1.82) is 0 Å². The van der Waals surface area contributed by atoms with Crippen molar-refractivity contribution in [3.8, 4) is 39.8 Å². The van der Waals surface area contributed by atoms with Crippen LogP contribution >= 0.6 is 0 Å². The van der Waals surface area contributed by atoms with Gasteiger partial charge in [-0.15, -0.1) is 0 Å². The van der Waals surface area contributed by atoms with Crippen LogP contribution in [0.2, 0.25) is 0 Å². The third kappa shape index (κ3) is 12.8.